The van der Waals surface area contributed by atoms with E-state index in [1.807, 2.05) is 0 Å². The van der Waals surface area contributed by atoms with Crippen LogP contribution in [0.2, 0.25) is 0 Å². The molecule has 0 fully saturated rings. The summed E-state index contributed by atoms with van der Waals surface area (Å²) in [5.74, 6) is 0. The van der Waals surface area contributed by atoms with Crippen molar-refractivity contribution in [2.45, 2.75) is 24.4 Å². The minimum atomic E-state index is -0.828. The van der Waals surface area contributed by atoms with Crippen molar-refractivity contribution in [3.63, 3.8) is 0 Å². The Hall–Kier alpha value is -0.360. The fraction of sp³-hybridized carbons (Fsp3) is 1.00. The highest BCUT2D eigenvalue weighted by atomic mass is 16.6. The van der Waals surface area contributed by atoms with Gasteiger partial charge in [0.05, 0.1) is 52.9 Å². The van der Waals surface area contributed by atoms with E-state index in [0.29, 0.717) is 0 Å². The summed E-state index contributed by atoms with van der Waals surface area (Å²) in [4.78, 5) is 0. The van der Waals surface area contributed by atoms with Crippen molar-refractivity contribution < 1.29 is 44.8 Å². The standard InChI is InChI=1S/C12H26O9/c13-1-9(2-14)19-7-12(21-11(5-17)6-18)8-20-10(3-15)4-16/h9-18H,1-8H2. The number of aliphatic hydroxyl groups is 6. The van der Waals surface area contributed by atoms with Crippen molar-refractivity contribution in [1.82, 2.24) is 0 Å². The first kappa shape index (κ1) is 20.6. The zero-order valence-electron chi connectivity index (χ0n) is 11.9. The van der Waals surface area contributed by atoms with Crippen LogP contribution in [-0.4, -0.2) is 108 Å². The molecule has 0 aliphatic heterocycles. The Labute approximate surface area is 123 Å². The van der Waals surface area contributed by atoms with E-state index in [1.54, 1.807) is 0 Å². The molecule has 0 aromatic rings. The zero-order valence-corrected chi connectivity index (χ0v) is 11.9. The lowest BCUT2D eigenvalue weighted by atomic mass is 10.3. The number of rotatable bonds is 14. The topological polar surface area (TPSA) is 149 Å². The Morgan fingerprint density at radius 3 is 1.10 bits per heavy atom. The normalized spacial score (nSPS) is 12.3. The molecule has 0 aromatic carbocycles. The molecule has 0 bridgehead atoms. The maximum absolute atomic E-state index is 8.99. The first-order chi connectivity index (χ1) is 10.1. The molecule has 0 heterocycles. The second kappa shape index (κ2) is 13.3. The molecule has 0 aliphatic carbocycles. The summed E-state index contributed by atoms with van der Waals surface area (Å²) in [7, 11) is 0. The fourth-order valence-electron chi connectivity index (χ4n) is 1.36. The number of hydrogen-bond donors (Lipinski definition) is 6. The van der Waals surface area contributed by atoms with E-state index in [2.05, 4.69) is 0 Å². The molecule has 0 radical (unpaired) electrons. The summed E-state index contributed by atoms with van der Waals surface area (Å²) < 4.78 is 15.7. The Bertz CT molecular complexity index is 201. The minimum Gasteiger partial charge on any atom is -0.394 e. The van der Waals surface area contributed by atoms with Crippen LogP contribution in [0.1, 0.15) is 0 Å². The molecule has 0 aromatic heterocycles. The van der Waals surface area contributed by atoms with E-state index in [1.165, 1.54) is 0 Å². The predicted octanol–water partition coefficient (Wildman–Crippen LogP) is -3.54. The molecule has 0 aliphatic rings. The summed E-state index contributed by atoms with van der Waals surface area (Å²) in [5, 5.41) is 53.6. The van der Waals surface area contributed by atoms with Gasteiger partial charge < -0.3 is 44.8 Å². The molecule has 0 rings (SSSR count). The van der Waals surface area contributed by atoms with Crippen molar-refractivity contribution in [2.24, 2.45) is 0 Å². The van der Waals surface area contributed by atoms with Crippen LogP contribution in [0, 0.1) is 0 Å². The van der Waals surface area contributed by atoms with E-state index in [-0.39, 0.29) is 39.6 Å². The molecule has 21 heavy (non-hydrogen) atoms. The third kappa shape index (κ3) is 9.30. The summed E-state index contributed by atoms with van der Waals surface area (Å²) >= 11 is 0. The lowest BCUT2D eigenvalue weighted by molar-refractivity contribution is -0.146. The minimum absolute atomic E-state index is 0.0636. The van der Waals surface area contributed by atoms with Crippen LogP contribution in [0.25, 0.3) is 0 Å². The average Bonchev–Trinajstić information content (AvgIpc) is 2.53. The highest BCUT2D eigenvalue weighted by Crippen LogP contribution is 2.04. The van der Waals surface area contributed by atoms with Gasteiger partial charge in [-0.25, -0.2) is 0 Å². The summed E-state index contributed by atoms with van der Waals surface area (Å²) in [5.41, 5.74) is 0. The van der Waals surface area contributed by atoms with E-state index < -0.39 is 37.6 Å². The van der Waals surface area contributed by atoms with Gasteiger partial charge >= 0.3 is 0 Å². The van der Waals surface area contributed by atoms with Crippen LogP contribution in [0.5, 0.6) is 0 Å². The third-order valence-electron chi connectivity index (χ3n) is 2.64. The molecule has 9 nitrogen and oxygen atoms in total. The molecule has 0 spiro atoms. The van der Waals surface area contributed by atoms with E-state index in [0.717, 1.165) is 0 Å². The van der Waals surface area contributed by atoms with Gasteiger partial charge in [-0.15, -0.1) is 0 Å². The zero-order chi connectivity index (χ0) is 16.1. The van der Waals surface area contributed by atoms with Crippen LogP contribution in [0.3, 0.4) is 0 Å². The molecular weight excluding hydrogens is 288 g/mol. The highest BCUT2D eigenvalue weighted by Gasteiger charge is 2.20. The van der Waals surface area contributed by atoms with Crippen LogP contribution in [-0.2, 0) is 14.2 Å². The lowest BCUT2D eigenvalue weighted by Crippen LogP contribution is -2.38. The Morgan fingerprint density at radius 2 is 0.810 bits per heavy atom. The maximum atomic E-state index is 8.99. The first-order valence-electron chi connectivity index (χ1n) is 6.68. The van der Waals surface area contributed by atoms with Gasteiger partial charge in [0, 0.05) is 0 Å². The van der Waals surface area contributed by atoms with Crippen molar-refractivity contribution >= 4 is 0 Å². The van der Waals surface area contributed by atoms with Crippen LogP contribution in [0.15, 0.2) is 0 Å². The summed E-state index contributed by atoms with van der Waals surface area (Å²) in [6.07, 6.45) is -3.09. The molecule has 6 N–H and O–H groups in total. The van der Waals surface area contributed by atoms with E-state index in [4.69, 9.17) is 44.8 Å². The molecule has 0 atom stereocenters. The summed E-state index contributed by atoms with van der Waals surface area (Å²) in [6, 6.07) is 0. The molecule has 0 saturated heterocycles. The van der Waals surface area contributed by atoms with Crippen molar-refractivity contribution in [2.75, 3.05) is 52.9 Å². The van der Waals surface area contributed by atoms with Crippen LogP contribution in [0.4, 0.5) is 0 Å². The predicted molar refractivity (Wildman–Crippen MR) is 70.7 cm³/mol. The maximum Gasteiger partial charge on any atom is 0.105 e. The third-order valence-corrected chi connectivity index (χ3v) is 2.64. The number of hydrogen-bond acceptors (Lipinski definition) is 9. The molecular formula is C12H26O9. The van der Waals surface area contributed by atoms with Gasteiger partial charge in [0.1, 0.15) is 24.4 Å². The van der Waals surface area contributed by atoms with Crippen LogP contribution >= 0.6 is 0 Å². The molecule has 9 heteroatoms. The fourth-order valence-corrected chi connectivity index (χ4v) is 1.36. The molecule has 0 amide bonds. The Kier molecular flexibility index (Phi) is 13.1. The molecule has 0 saturated carbocycles. The monoisotopic (exact) mass is 314 g/mol. The van der Waals surface area contributed by atoms with Gasteiger partial charge in [-0.05, 0) is 0 Å². The van der Waals surface area contributed by atoms with Gasteiger partial charge in [-0.3, -0.25) is 0 Å². The molecule has 128 valence electrons. The van der Waals surface area contributed by atoms with E-state index in [9.17, 15) is 0 Å². The number of ether oxygens (including phenoxy) is 3. The summed E-state index contributed by atoms with van der Waals surface area (Å²) in [6.45, 7) is -2.42. The quantitative estimate of drug-likeness (QED) is 0.192. The average molecular weight is 314 g/mol. The Morgan fingerprint density at radius 1 is 0.476 bits per heavy atom. The SMILES string of the molecule is OCC(CO)OCC(COC(CO)CO)OC(CO)CO. The second-order valence-corrected chi connectivity index (χ2v) is 4.39. The first-order valence-corrected chi connectivity index (χ1v) is 6.68. The van der Waals surface area contributed by atoms with Crippen LogP contribution < -0.4 is 0 Å². The van der Waals surface area contributed by atoms with Gasteiger partial charge in [0.15, 0.2) is 0 Å². The van der Waals surface area contributed by atoms with Crippen molar-refractivity contribution in [3.8, 4) is 0 Å². The second-order valence-electron chi connectivity index (χ2n) is 4.39. The van der Waals surface area contributed by atoms with Gasteiger partial charge in [-0.2, -0.15) is 0 Å². The highest BCUT2D eigenvalue weighted by molar-refractivity contribution is 4.65. The largest absolute Gasteiger partial charge is 0.394 e. The lowest BCUT2D eigenvalue weighted by Gasteiger charge is -2.25. The number of aliphatic hydroxyl groups excluding tert-OH is 6. The Balaban J connectivity index is 4.38. The van der Waals surface area contributed by atoms with Crippen molar-refractivity contribution in [3.05, 3.63) is 0 Å². The van der Waals surface area contributed by atoms with Crippen molar-refractivity contribution in [1.29, 1.82) is 0 Å². The van der Waals surface area contributed by atoms with Gasteiger partial charge in [0.25, 0.3) is 0 Å². The van der Waals surface area contributed by atoms with E-state index >= 15 is 0 Å². The van der Waals surface area contributed by atoms with Gasteiger partial charge in [0.2, 0.25) is 0 Å². The van der Waals surface area contributed by atoms with Gasteiger partial charge in [-0.1, -0.05) is 0 Å². The molecule has 0 unspecified atom stereocenters. The smallest absolute Gasteiger partial charge is 0.105 e.